The molecule has 0 aromatic carbocycles. The molecular formula is C15H11Cl6NO4. The third-order valence-electron chi connectivity index (χ3n) is 6.40. The zero-order chi connectivity index (χ0) is 19.0. The molecular weight excluding hydrogens is 471 g/mol. The number of alkyl halides is 4. The van der Waals surface area contributed by atoms with E-state index in [4.69, 9.17) is 79.2 Å². The highest BCUT2D eigenvalue weighted by Crippen LogP contribution is 2.81. The molecule has 26 heavy (non-hydrogen) atoms. The van der Waals surface area contributed by atoms with Gasteiger partial charge in [0, 0.05) is 11.8 Å². The fraction of sp³-hybridized carbons (Fsp3) is 0.733. The van der Waals surface area contributed by atoms with Crippen LogP contribution in [0.15, 0.2) is 10.1 Å². The van der Waals surface area contributed by atoms with Crippen LogP contribution in [0.1, 0.15) is 6.92 Å². The summed E-state index contributed by atoms with van der Waals surface area (Å²) in [6, 6.07) is 0. The molecule has 5 rings (SSSR count). The lowest BCUT2D eigenvalue weighted by Crippen LogP contribution is -2.50. The molecule has 0 spiro atoms. The average molecular weight is 482 g/mol. The average Bonchev–Trinajstić information content (AvgIpc) is 3.28. The van der Waals surface area contributed by atoms with Crippen molar-refractivity contribution in [1.29, 1.82) is 0 Å². The highest BCUT2D eigenvalue weighted by Gasteiger charge is 2.90. The highest BCUT2D eigenvalue weighted by molar-refractivity contribution is 6.65. The Labute approximate surface area is 178 Å². The normalized spacial score (nSPS) is 53.1. The Kier molecular flexibility index (Phi) is 3.69. The zero-order valence-corrected chi connectivity index (χ0v) is 17.6. The summed E-state index contributed by atoms with van der Waals surface area (Å²) >= 11 is 39.7. The molecule has 5 aliphatic rings. The fourth-order valence-corrected chi connectivity index (χ4v) is 8.59. The SMILES string of the molecule is CCON1C(=O)[C@@H]2[C@H]3O[C@@H]([C@@H]2C1=O)[C@H]1[C@H]3[C@@]2(Cl)C(Cl)=C(Cl)[C@@]1(Cl)C2(Cl)Cl. The number of amides is 2. The number of hydrogen-bond acceptors (Lipinski definition) is 4. The van der Waals surface area contributed by atoms with E-state index in [1.54, 1.807) is 6.92 Å². The molecule has 3 saturated heterocycles. The van der Waals surface area contributed by atoms with E-state index in [-0.39, 0.29) is 16.7 Å². The molecule has 8 atom stereocenters. The van der Waals surface area contributed by atoms with Crippen molar-refractivity contribution < 1.29 is 19.2 Å². The minimum atomic E-state index is -1.71. The lowest BCUT2D eigenvalue weighted by molar-refractivity contribution is -0.191. The van der Waals surface area contributed by atoms with E-state index in [0.717, 1.165) is 5.06 Å². The van der Waals surface area contributed by atoms with Gasteiger partial charge < -0.3 is 4.74 Å². The number of carbonyl (C=O) groups is 2. The molecule has 2 aliphatic carbocycles. The van der Waals surface area contributed by atoms with Crippen molar-refractivity contribution in [2.24, 2.45) is 23.7 Å². The number of hydrogen-bond donors (Lipinski definition) is 0. The van der Waals surface area contributed by atoms with Crippen LogP contribution in [-0.2, 0) is 19.2 Å². The minimum absolute atomic E-state index is 0.0632. The molecule has 11 heteroatoms. The molecule has 3 aliphatic heterocycles. The van der Waals surface area contributed by atoms with Gasteiger partial charge in [-0.05, 0) is 6.92 Å². The number of rotatable bonds is 2. The molecule has 0 radical (unpaired) electrons. The number of halogens is 6. The Hall–Kier alpha value is 0.540. The van der Waals surface area contributed by atoms with Gasteiger partial charge >= 0.3 is 0 Å². The van der Waals surface area contributed by atoms with Crippen molar-refractivity contribution in [3.05, 3.63) is 10.1 Å². The number of allylic oxidation sites excluding steroid dienone is 2. The molecule has 5 nitrogen and oxygen atoms in total. The number of hydroxylamine groups is 2. The van der Waals surface area contributed by atoms with Crippen molar-refractivity contribution in [2.75, 3.05) is 6.61 Å². The van der Waals surface area contributed by atoms with E-state index >= 15 is 0 Å². The molecule has 0 unspecified atom stereocenters. The molecule has 4 bridgehead atoms. The second-order valence-corrected chi connectivity index (χ2v) is 10.5. The maximum Gasteiger partial charge on any atom is 0.260 e. The fourth-order valence-electron chi connectivity index (χ4n) is 5.53. The summed E-state index contributed by atoms with van der Waals surface area (Å²) in [6.07, 6.45) is -1.41. The third kappa shape index (κ3) is 1.55. The van der Waals surface area contributed by atoms with Crippen molar-refractivity contribution in [3.63, 3.8) is 0 Å². The van der Waals surface area contributed by atoms with Crippen LogP contribution in [0.25, 0.3) is 0 Å². The van der Waals surface area contributed by atoms with Crippen LogP contribution in [-0.4, -0.2) is 49.8 Å². The van der Waals surface area contributed by atoms with Crippen LogP contribution in [0.3, 0.4) is 0 Å². The van der Waals surface area contributed by atoms with E-state index in [9.17, 15) is 9.59 Å². The van der Waals surface area contributed by atoms with Gasteiger partial charge in [0.15, 0.2) is 4.33 Å². The summed E-state index contributed by atoms with van der Waals surface area (Å²) in [5, 5.41) is 0.940. The van der Waals surface area contributed by atoms with Gasteiger partial charge in [0.25, 0.3) is 11.8 Å². The van der Waals surface area contributed by atoms with Gasteiger partial charge in [0.05, 0.1) is 40.7 Å². The van der Waals surface area contributed by atoms with E-state index in [1.165, 1.54) is 0 Å². The maximum atomic E-state index is 12.8. The zero-order valence-electron chi connectivity index (χ0n) is 13.0. The first kappa shape index (κ1) is 18.6. The second kappa shape index (κ2) is 5.17. The Morgan fingerprint density at radius 3 is 1.77 bits per heavy atom. The van der Waals surface area contributed by atoms with Crippen LogP contribution in [0, 0.1) is 23.7 Å². The largest absolute Gasteiger partial charge is 0.373 e. The molecule has 142 valence electrons. The Morgan fingerprint density at radius 2 is 1.38 bits per heavy atom. The molecule has 2 amide bonds. The Morgan fingerprint density at radius 1 is 0.962 bits per heavy atom. The predicted molar refractivity (Wildman–Crippen MR) is 96.4 cm³/mol. The van der Waals surface area contributed by atoms with Gasteiger partial charge in [-0.3, -0.25) is 14.4 Å². The molecule has 0 N–H and O–H groups in total. The summed E-state index contributed by atoms with van der Waals surface area (Å²) < 4.78 is 4.31. The van der Waals surface area contributed by atoms with Crippen LogP contribution in [0.4, 0.5) is 0 Å². The van der Waals surface area contributed by atoms with Crippen LogP contribution >= 0.6 is 69.6 Å². The number of carbonyl (C=O) groups excluding carboxylic acids is 2. The summed E-state index contributed by atoms with van der Waals surface area (Å²) in [5.41, 5.74) is 0. The molecule has 3 heterocycles. The summed E-state index contributed by atoms with van der Waals surface area (Å²) in [5.74, 6) is -3.50. The van der Waals surface area contributed by atoms with Crippen molar-refractivity contribution in [3.8, 4) is 0 Å². The van der Waals surface area contributed by atoms with Gasteiger partial charge in [0.1, 0.15) is 9.75 Å². The second-order valence-electron chi connectivity index (χ2n) is 7.18. The van der Waals surface area contributed by atoms with E-state index in [0.29, 0.717) is 0 Å². The minimum Gasteiger partial charge on any atom is -0.373 e. The van der Waals surface area contributed by atoms with Crippen LogP contribution in [0.2, 0.25) is 0 Å². The molecule has 0 aromatic heterocycles. The summed E-state index contributed by atoms with van der Waals surface area (Å²) in [7, 11) is 0. The summed E-state index contributed by atoms with van der Waals surface area (Å²) in [6.45, 7) is 1.87. The molecule has 1 saturated carbocycles. The number of ether oxygens (including phenoxy) is 1. The van der Waals surface area contributed by atoms with E-state index < -0.39 is 61.8 Å². The van der Waals surface area contributed by atoms with Crippen molar-refractivity contribution in [1.82, 2.24) is 5.06 Å². The lowest BCUT2D eigenvalue weighted by atomic mass is 9.65. The first-order valence-electron chi connectivity index (χ1n) is 8.04. The van der Waals surface area contributed by atoms with Gasteiger partial charge in [-0.15, -0.1) is 23.2 Å². The molecule has 4 fully saturated rings. The van der Waals surface area contributed by atoms with E-state index in [1.807, 2.05) is 0 Å². The first-order valence-corrected chi connectivity index (χ1v) is 10.3. The first-order chi connectivity index (χ1) is 12.1. The van der Waals surface area contributed by atoms with Gasteiger partial charge in [-0.1, -0.05) is 46.4 Å². The highest BCUT2D eigenvalue weighted by atomic mass is 35.5. The van der Waals surface area contributed by atoms with E-state index in [2.05, 4.69) is 0 Å². The monoisotopic (exact) mass is 479 g/mol. The van der Waals surface area contributed by atoms with Crippen LogP contribution in [0.5, 0.6) is 0 Å². The maximum absolute atomic E-state index is 12.8. The third-order valence-corrected chi connectivity index (χ3v) is 10.7. The topological polar surface area (TPSA) is 55.8 Å². The smallest absolute Gasteiger partial charge is 0.260 e. The Bertz CT molecular complexity index is 745. The predicted octanol–water partition coefficient (Wildman–Crippen LogP) is 3.40. The van der Waals surface area contributed by atoms with Crippen molar-refractivity contribution in [2.45, 2.75) is 33.2 Å². The van der Waals surface area contributed by atoms with Crippen LogP contribution < -0.4 is 0 Å². The van der Waals surface area contributed by atoms with Crippen molar-refractivity contribution >= 4 is 81.4 Å². The number of fused-ring (bicyclic) bond motifs is 12. The molecule has 0 aromatic rings. The number of nitrogens with zero attached hydrogens (tertiary/aromatic N) is 1. The lowest BCUT2D eigenvalue weighted by Gasteiger charge is -2.39. The standard InChI is InChI=1S/C15H11Cl6NO4/c1-2-25-22-11(23)3-4(12(22)24)8-6-5(7(3)26-8)13(18)9(16)10(17)14(6,19)15(13,20)21/h3-8H,2H2,1H3/t3-,4+,5-,6-,7+,8-,13-,14-/m1/s1. The quantitative estimate of drug-likeness (QED) is 0.448. The number of imide groups is 1. The summed E-state index contributed by atoms with van der Waals surface area (Å²) in [4.78, 5) is 27.7. The Balaban J connectivity index is 1.66. The van der Waals surface area contributed by atoms with Gasteiger partial charge in [-0.2, -0.15) is 5.06 Å². The van der Waals surface area contributed by atoms with Gasteiger partial charge in [0.2, 0.25) is 0 Å². The van der Waals surface area contributed by atoms with Gasteiger partial charge in [-0.25, -0.2) is 0 Å².